The summed E-state index contributed by atoms with van der Waals surface area (Å²) in [6, 6.07) is 32.7. The molecule has 4 aromatic carbocycles. The van der Waals surface area contributed by atoms with Gasteiger partial charge in [0.2, 0.25) is 0 Å². The van der Waals surface area contributed by atoms with Gasteiger partial charge in [0.1, 0.15) is 12.6 Å². The van der Waals surface area contributed by atoms with Crippen LogP contribution in [0.4, 0.5) is 13.6 Å². The minimum Gasteiger partial charge on any atom is -0.462 e. The van der Waals surface area contributed by atoms with Crippen LogP contribution in [-0.4, -0.2) is 29.5 Å². The highest BCUT2D eigenvalue weighted by Crippen LogP contribution is 2.39. The fraction of sp³-hybridized carbons (Fsp3) is 0.235. The van der Waals surface area contributed by atoms with Gasteiger partial charge in [-0.3, -0.25) is 4.90 Å². The molecule has 0 heterocycles. The molecular formula is C34H34F2N2O4. The first kappa shape index (κ1) is 30.4. The minimum absolute atomic E-state index is 0.134. The molecule has 1 amide bonds. The number of benzene rings is 4. The molecule has 8 heteroatoms. The van der Waals surface area contributed by atoms with Crippen LogP contribution in [0.25, 0.3) is 0 Å². The second-order valence-corrected chi connectivity index (χ2v) is 9.78. The maximum absolute atomic E-state index is 16.0. The lowest BCUT2D eigenvalue weighted by Crippen LogP contribution is -2.46. The van der Waals surface area contributed by atoms with Crippen molar-refractivity contribution in [3.63, 3.8) is 0 Å². The van der Waals surface area contributed by atoms with Gasteiger partial charge in [0, 0.05) is 19.6 Å². The molecule has 0 aliphatic rings. The van der Waals surface area contributed by atoms with Crippen molar-refractivity contribution in [3.05, 3.63) is 143 Å². The molecule has 1 N–H and O–H groups in total. The molecule has 0 radical (unpaired) electrons. The molecule has 0 spiro atoms. The number of hydrogen-bond donors (Lipinski definition) is 1. The maximum Gasteiger partial charge on any atom is 0.407 e. The first-order chi connectivity index (χ1) is 20.4. The Balaban J connectivity index is 1.56. The van der Waals surface area contributed by atoms with Crippen molar-refractivity contribution in [1.29, 1.82) is 0 Å². The molecule has 0 aliphatic carbocycles. The molecule has 218 valence electrons. The summed E-state index contributed by atoms with van der Waals surface area (Å²) in [7, 11) is 0. The predicted molar refractivity (Wildman–Crippen MR) is 156 cm³/mol. The SMILES string of the molecule is CCOC(=O)C(F)(F)C(c1ccc(CNC(=O)OCc2ccccc2)cc1)N(Cc1ccccc1)Cc1ccccc1. The number of carbonyl (C=O) groups excluding carboxylic acids is 2. The molecule has 0 saturated heterocycles. The topological polar surface area (TPSA) is 67.9 Å². The smallest absolute Gasteiger partial charge is 0.407 e. The van der Waals surface area contributed by atoms with E-state index in [9.17, 15) is 9.59 Å². The zero-order valence-electron chi connectivity index (χ0n) is 23.4. The van der Waals surface area contributed by atoms with Crippen LogP contribution in [0.15, 0.2) is 115 Å². The van der Waals surface area contributed by atoms with Gasteiger partial charge in [0.15, 0.2) is 0 Å². The van der Waals surface area contributed by atoms with Crippen LogP contribution in [0.2, 0.25) is 0 Å². The van der Waals surface area contributed by atoms with E-state index >= 15 is 8.78 Å². The van der Waals surface area contributed by atoms with Gasteiger partial charge in [0.05, 0.1) is 6.61 Å². The summed E-state index contributed by atoms with van der Waals surface area (Å²) in [5.74, 6) is -5.42. The third kappa shape index (κ3) is 8.47. The minimum atomic E-state index is -3.85. The van der Waals surface area contributed by atoms with Gasteiger partial charge in [0.25, 0.3) is 0 Å². The number of hydrogen-bond acceptors (Lipinski definition) is 5. The predicted octanol–water partition coefficient (Wildman–Crippen LogP) is 7.05. The molecule has 0 fully saturated rings. The summed E-state index contributed by atoms with van der Waals surface area (Å²) in [5.41, 5.74) is 3.45. The molecule has 42 heavy (non-hydrogen) atoms. The van der Waals surface area contributed by atoms with Crippen molar-refractivity contribution in [2.75, 3.05) is 6.61 Å². The van der Waals surface area contributed by atoms with Gasteiger partial charge >= 0.3 is 18.0 Å². The summed E-state index contributed by atoms with van der Waals surface area (Å²) in [6.07, 6.45) is -0.591. The van der Waals surface area contributed by atoms with E-state index in [1.54, 1.807) is 29.2 Å². The fourth-order valence-electron chi connectivity index (χ4n) is 4.63. The molecule has 0 bridgehead atoms. The summed E-state index contributed by atoms with van der Waals surface area (Å²) in [6.45, 7) is 1.96. The molecule has 4 rings (SSSR count). The van der Waals surface area contributed by atoms with Crippen LogP contribution in [-0.2, 0) is 40.5 Å². The average Bonchev–Trinajstić information content (AvgIpc) is 3.01. The average molecular weight is 573 g/mol. The number of nitrogens with one attached hydrogen (secondary N) is 1. The largest absolute Gasteiger partial charge is 0.462 e. The van der Waals surface area contributed by atoms with E-state index in [0.717, 1.165) is 16.7 Å². The Hall–Kier alpha value is -4.56. The third-order valence-corrected chi connectivity index (χ3v) is 6.66. The molecule has 0 aromatic heterocycles. The van der Waals surface area contributed by atoms with Gasteiger partial charge in [-0.05, 0) is 34.7 Å². The molecule has 1 atom stereocenters. The normalized spacial score (nSPS) is 12.0. The molecule has 6 nitrogen and oxygen atoms in total. The number of carbonyl (C=O) groups is 2. The number of halogens is 2. The van der Waals surface area contributed by atoms with E-state index in [0.29, 0.717) is 5.56 Å². The van der Waals surface area contributed by atoms with Crippen LogP contribution in [0.1, 0.15) is 40.8 Å². The van der Waals surface area contributed by atoms with Crippen molar-refractivity contribution in [1.82, 2.24) is 10.2 Å². The summed E-state index contributed by atoms with van der Waals surface area (Å²) >= 11 is 0. The van der Waals surface area contributed by atoms with E-state index in [1.807, 2.05) is 91.0 Å². The van der Waals surface area contributed by atoms with Crippen LogP contribution in [0.3, 0.4) is 0 Å². The highest BCUT2D eigenvalue weighted by Gasteiger charge is 2.52. The molecule has 0 saturated carbocycles. The summed E-state index contributed by atoms with van der Waals surface area (Å²) < 4.78 is 42.1. The zero-order chi connectivity index (χ0) is 29.8. The number of rotatable bonds is 13. The number of ether oxygens (including phenoxy) is 2. The first-order valence-corrected chi connectivity index (χ1v) is 13.8. The van der Waals surface area contributed by atoms with Crippen molar-refractivity contribution in [3.8, 4) is 0 Å². The molecule has 0 aliphatic heterocycles. The van der Waals surface area contributed by atoms with Crippen LogP contribution in [0, 0.1) is 0 Å². The van der Waals surface area contributed by atoms with Crippen LogP contribution < -0.4 is 5.32 Å². The quantitative estimate of drug-likeness (QED) is 0.174. The van der Waals surface area contributed by atoms with E-state index in [1.165, 1.54) is 6.92 Å². The third-order valence-electron chi connectivity index (χ3n) is 6.66. The van der Waals surface area contributed by atoms with Crippen LogP contribution >= 0.6 is 0 Å². The lowest BCUT2D eigenvalue weighted by molar-refractivity contribution is -0.184. The summed E-state index contributed by atoms with van der Waals surface area (Å²) in [4.78, 5) is 26.4. The van der Waals surface area contributed by atoms with Gasteiger partial charge in [-0.2, -0.15) is 8.78 Å². The Labute approximate surface area is 244 Å². The van der Waals surface area contributed by atoms with Crippen molar-refractivity contribution in [2.45, 2.75) is 45.1 Å². The van der Waals surface area contributed by atoms with Gasteiger partial charge < -0.3 is 14.8 Å². The molecule has 1 unspecified atom stereocenters. The van der Waals surface area contributed by atoms with Gasteiger partial charge in [-0.15, -0.1) is 0 Å². The highest BCUT2D eigenvalue weighted by molar-refractivity contribution is 5.79. The molecular weight excluding hydrogens is 538 g/mol. The first-order valence-electron chi connectivity index (χ1n) is 13.8. The highest BCUT2D eigenvalue weighted by atomic mass is 19.3. The Morgan fingerprint density at radius 2 is 1.21 bits per heavy atom. The van der Waals surface area contributed by atoms with Gasteiger partial charge in [-0.25, -0.2) is 9.59 Å². The summed E-state index contributed by atoms with van der Waals surface area (Å²) in [5, 5.41) is 2.68. The lowest BCUT2D eigenvalue weighted by Gasteiger charge is -2.36. The Bertz CT molecular complexity index is 1360. The Morgan fingerprint density at radius 1 is 0.714 bits per heavy atom. The van der Waals surface area contributed by atoms with Crippen molar-refractivity contribution < 1.29 is 27.8 Å². The van der Waals surface area contributed by atoms with Crippen LogP contribution in [0.5, 0.6) is 0 Å². The Kier molecular flexibility index (Phi) is 10.8. The van der Waals surface area contributed by atoms with E-state index in [4.69, 9.17) is 9.47 Å². The number of nitrogens with zero attached hydrogens (tertiary/aromatic N) is 1. The van der Waals surface area contributed by atoms with E-state index in [2.05, 4.69) is 5.32 Å². The second-order valence-electron chi connectivity index (χ2n) is 9.78. The fourth-order valence-corrected chi connectivity index (χ4v) is 4.63. The zero-order valence-corrected chi connectivity index (χ0v) is 23.4. The standard InChI is InChI=1S/C34H34F2N2O4/c1-2-41-32(39)34(35,36)31(38(23-27-12-6-3-7-13-27)24-28-14-8-4-9-15-28)30-20-18-26(19-21-30)22-37-33(40)42-25-29-16-10-5-11-17-29/h3-21,31H,2,22-25H2,1H3,(H,37,40). The second kappa shape index (κ2) is 14.9. The number of alkyl carbamates (subject to hydrolysis) is 1. The Morgan fingerprint density at radius 3 is 1.71 bits per heavy atom. The van der Waals surface area contributed by atoms with Crippen molar-refractivity contribution >= 4 is 12.1 Å². The molecule has 4 aromatic rings. The lowest BCUT2D eigenvalue weighted by atomic mass is 9.96. The maximum atomic E-state index is 16.0. The van der Waals surface area contributed by atoms with Crippen molar-refractivity contribution in [2.24, 2.45) is 0 Å². The number of amides is 1. The number of alkyl halides is 2. The van der Waals surface area contributed by atoms with E-state index in [-0.39, 0.29) is 38.4 Å². The monoisotopic (exact) mass is 572 g/mol. The van der Waals surface area contributed by atoms with E-state index < -0.39 is 24.0 Å². The van der Waals surface area contributed by atoms with Gasteiger partial charge in [-0.1, -0.05) is 115 Å². The number of esters is 1.